The monoisotopic (exact) mass is 411 g/mol. The first-order chi connectivity index (χ1) is 14.3. The van der Waals surface area contributed by atoms with Crippen LogP contribution in [0.25, 0.3) is 6.08 Å². The van der Waals surface area contributed by atoms with Crippen LogP contribution in [-0.4, -0.2) is 12.5 Å². The third kappa shape index (κ3) is 7.66. The van der Waals surface area contributed by atoms with E-state index in [1.54, 1.807) is 6.07 Å². The van der Waals surface area contributed by atoms with Crippen LogP contribution in [0, 0.1) is 5.41 Å². The fourth-order valence-electron chi connectivity index (χ4n) is 4.24. The van der Waals surface area contributed by atoms with Crippen LogP contribution in [0.2, 0.25) is 0 Å². The zero-order valence-electron chi connectivity index (χ0n) is 19.8. The van der Waals surface area contributed by atoms with Gasteiger partial charge in [-0.15, -0.1) is 0 Å². The molecule has 0 bridgehead atoms. The van der Waals surface area contributed by atoms with Crippen molar-refractivity contribution < 1.29 is 9.21 Å². The molecule has 0 aromatic carbocycles. The second-order valence-corrected chi connectivity index (χ2v) is 9.38. The average molecular weight is 412 g/mol. The van der Waals surface area contributed by atoms with E-state index in [0.717, 1.165) is 17.8 Å². The maximum Gasteiger partial charge on any atom is 0.287 e. The van der Waals surface area contributed by atoms with Crippen LogP contribution in [0.3, 0.4) is 0 Å². The van der Waals surface area contributed by atoms with Crippen LogP contribution in [0.1, 0.15) is 109 Å². The molecular weight excluding hydrogens is 370 g/mol. The maximum atomic E-state index is 12.3. The number of furan rings is 1. The van der Waals surface area contributed by atoms with Crippen molar-refractivity contribution >= 4 is 12.0 Å². The first kappa shape index (κ1) is 24.2. The number of amides is 1. The summed E-state index contributed by atoms with van der Waals surface area (Å²) in [6.07, 6.45) is 17.4. The van der Waals surface area contributed by atoms with Crippen molar-refractivity contribution in [1.29, 1.82) is 0 Å². The Morgan fingerprint density at radius 2 is 1.90 bits per heavy atom. The summed E-state index contributed by atoms with van der Waals surface area (Å²) in [6.45, 7) is 11.9. The third-order valence-electron chi connectivity index (χ3n) is 6.09. The summed E-state index contributed by atoms with van der Waals surface area (Å²) in [7, 11) is 0. The topological polar surface area (TPSA) is 42.2 Å². The largest absolute Gasteiger partial charge is 0.452 e. The van der Waals surface area contributed by atoms with E-state index in [4.69, 9.17) is 4.42 Å². The van der Waals surface area contributed by atoms with E-state index >= 15 is 0 Å². The van der Waals surface area contributed by atoms with Crippen molar-refractivity contribution in [2.45, 2.75) is 92.4 Å². The molecule has 2 rings (SSSR count). The van der Waals surface area contributed by atoms with E-state index in [0.29, 0.717) is 12.3 Å². The van der Waals surface area contributed by atoms with Gasteiger partial charge in [0.1, 0.15) is 5.76 Å². The molecule has 3 heteroatoms. The van der Waals surface area contributed by atoms with E-state index < -0.39 is 0 Å². The second-order valence-electron chi connectivity index (χ2n) is 9.38. The van der Waals surface area contributed by atoms with Crippen LogP contribution in [0.15, 0.2) is 45.4 Å². The van der Waals surface area contributed by atoms with Gasteiger partial charge < -0.3 is 9.73 Å². The molecule has 166 valence electrons. The van der Waals surface area contributed by atoms with Crippen LogP contribution < -0.4 is 5.32 Å². The molecule has 0 atom stereocenters. The van der Waals surface area contributed by atoms with Crippen molar-refractivity contribution in [2.24, 2.45) is 5.41 Å². The Morgan fingerprint density at radius 3 is 2.63 bits per heavy atom. The van der Waals surface area contributed by atoms with Crippen molar-refractivity contribution in [1.82, 2.24) is 5.32 Å². The molecule has 1 aliphatic carbocycles. The number of carbonyl (C=O) groups excluding carboxylic acids is 1. The molecular formula is C27H41NO2. The molecule has 0 unspecified atom stereocenters. The Kier molecular flexibility index (Phi) is 9.68. The Balaban J connectivity index is 1.86. The molecule has 0 fully saturated rings. The number of unbranched alkanes of at least 4 members (excludes halogenated alkanes) is 5. The van der Waals surface area contributed by atoms with Gasteiger partial charge in [0, 0.05) is 6.54 Å². The number of carbonyl (C=O) groups is 1. The van der Waals surface area contributed by atoms with Gasteiger partial charge in [0.25, 0.3) is 5.91 Å². The van der Waals surface area contributed by atoms with Crippen LogP contribution in [-0.2, 0) is 0 Å². The maximum absolute atomic E-state index is 12.3. The fourth-order valence-corrected chi connectivity index (χ4v) is 4.24. The van der Waals surface area contributed by atoms with Gasteiger partial charge in [0.05, 0.1) is 0 Å². The van der Waals surface area contributed by atoms with Gasteiger partial charge in [-0.05, 0) is 74.3 Å². The molecule has 0 radical (unpaired) electrons. The van der Waals surface area contributed by atoms with Crippen LogP contribution in [0.4, 0.5) is 0 Å². The molecule has 30 heavy (non-hydrogen) atoms. The zero-order chi connectivity index (χ0) is 22.0. The normalized spacial score (nSPS) is 17.0. The van der Waals surface area contributed by atoms with Crippen molar-refractivity contribution in [3.8, 4) is 0 Å². The number of hydrogen-bond donors (Lipinski definition) is 1. The summed E-state index contributed by atoms with van der Waals surface area (Å²) in [5.74, 6) is 0.979. The molecule has 0 saturated heterocycles. The Labute approximate surface area is 183 Å². The minimum Gasteiger partial charge on any atom is -0.452 e. The molecule has 1 aromatic rings. The highest BCUT2D eigenvalue weighted by molar-refractivity contribution is 5.91. The van der Waals surface area contributed by atoms with E-state index in [9.17, 15) is 4.79 Å². The molecule has 1 aromatic heterocycles. The Morgan fingerprint density at radius 1 is 1.17 bits per heavy atom. The lowest BCUT2D eigenvalue weighted by Gasteiger charge is -2.32. The minimum absolute atomic E-state index is 0.124. The summed E-state index contributed by atoms with van der Waals surface area (Å²) < 4.78 is 5.75. The van der Waals surface area contributed by atoms with E-state index in [-0.39, 0.29) is 11.3 Å². The zero-order valence-corrected chi connectivity index (χ0v) is 19.8. The first-order valence-electron chi connectivity index (χ1n) is 11.8. The predicted molar refractivity (Wildman–Crippen MR) is 128 cm³/mol. The van der Waals surface area contributed by atoms with Gasteiger partial charge in [-0.2, -0.15) is 0 Å². The third-order valence-corrected chi connectivity index (χ3v) is 6.09. The van der Waals surface area contributed by atoms with E-state index in [1.165, 1.54) is 62.5 Å². The number of allylic oxidation sites excluding steroid dienone is 5. The number of rotatable bonds is 11. The van der Waals surface area contributed by atoms with Crippen molar-refractivity contribution in [3.63, 3.8) is 0 Å². The Hall–Kier alpha value is -2.03. The van der Waals surface area contributed by atoms with Gasteiger partial charge in [-0.25, -0.2) is 0 Å². The minimum atomic E-state index is -0.124. The van der Waals surface area contributed by atoms with Gasteiger partial charge in [-0.3, -0.25) is 4.79 Å². The Bertz CT molecular complexity index is 777. The molecule has 1 N–H and O–H groups in total. The number of hydrogen-bond acceptors (Lipinski definition) is 2. The van der Waals surface area contributed by atoms with Gasteiger partial charge in [0.15, 0.2) is 5.76 Å². The lowest BCUT2D eigenvalue weighted by atomic mass is 9.72. The van der Waals surface area contributed by atoms with Gasteiger partial charge >= 0.3 is 0 Å². The second kappa shape index (κ2) is 12.0. The summed E-state index contributed by atoms with van der Waals surface area (Å²) in [5.41, 5.74) is 4.31. The lowest BCUT2D eigenvalue weighted by molar-refractivity contribution is 0.0925. The smallest absolute Gasteiger partial charge is 0.287 e. The standard InChI is InChI=1S/C27H41NO2/c1-6-7-8-9-10-11-19-28-26(29)25-17-15-23(30-25)20-21(2)14-16-24-22(3)13-12-18-27(24,4)5/h14-17,20H,6-13,18-19H2,1-5H3,(H,28,29)/b16-14+,21-20+. The van der Waals surface area contributed by atoms with Gasteiger partial charge in [0.2, 0.25) is 0 Å². The highest BCUT2D eigenvalue weighted by Gasteiger charge is 2.26. The molecule has 3 nitrogen and oxygen atoms in total. The fraction of sp³-hybridized carbons (Fsp3) is 0.593. The van der Waals surface area contributed by atoms with E-state index in [2.05, 4.69) is 52.1 Å². The van der Waals surface area contributed by atoms with E-state index in [1.807, 2.05) is 12.1 Å². The molecule has 1 amide bonds. The molecule has 1 aliphatic rings. The summed E-state index contributed by atoms with van der Waals surface area (Å²) in [5, 5.41) is 2.97. The summed E-state index contributed by atoms with van der Waals surface area (Å²) in [4.78, 5) is 12.3. The van der Waals surface area contributed by atoms with Crippen LogP contribution in [0.5, 0.6) is 0 Å². The van der Waals surface area contributed by atoms with Crippen molar-refractivity contribution in [2.75, 3.05) is 6.54 Å². The first-order valence-corrected chi connectivity index (χ1v) is 11.8. The molecule has 0 spiro atoms. The number of nitrogens with one attached hydrogen (secondary N) is 1. The summed E-state index contributed by atoms with van der Waals surface area (Å²) in [6, 6.07) is 3.63. The summed E-state index contributed by atoms with van der Waals surface area (Å²) >= 11 is 0. The predicted octanol–water partition coefficient (Wildman–Crippen LogP) is 7.86. The SMILES string of the molecule is CCCCCCCCNC(=O)c1ccc(/C=C(C)/C=C/C2=C(C)CCCC2(C)C)o1. The molecule has 0 aliphatic heterocycles. The quantitative estimate of drug-likeness (QED) is 0.297. The average Bonchev–Trinajstić information content (AvgIpc) is 3.14. The molecule has 1 heterocycles. The highest BCUT2D eigenvalue weighted by Crippen LogP contribution is 2.40. The van der Waals surface area contributed by atoms with Crippen molar-refractivity contribution in [3.05, 3.63) is 52.5 Å². The molecule has 0 saturated carbocycles. The van der Waals surface area contributed by atoms with Crippen LogP contribution >= 0.6 is 0 Å². The highest BCUT2D eigenvalue weighted by atomic mass is 16.3. The lowest BCUT2D eigenvalue weighted by Crippen LogP contribution is -2.23. The van der Waals surface area contributed by atoms with Gasteiger partial charge in [-0.1, -0.05) is 70.6 Å².